The molecule has 1 aromatic carbocycles. The Morgan fingerprint density at radius 3 is 2.24 bits per heavy atom. The molecule has 0 amide bonds. The van der Waals surface area contributed by atoms with Crippen molar-refractivity contribution in [1.82, 2.24) is 0 Å². The SMILES string of the molecule is CC(C)(CCOC(C)(C)CC(=O)O)OCc1ccccc1. The van der Waals surface area contributed by atoms with Crippen molar-refractivity contribution in [2.45, 2.75) is 58.3 Å². The number of hydrogen-bond donors (Lipinski definition) is 1. The zero-order valence-electron chi connectivity index (χ0n) is 13.4. The van der Waals surface area contributed by atoms with Gasteiger partial charge in [-0.15, -0.1) is 0 Å². The molecule has 0 aliphatic heterocycles. The van der Waals surface area contributed by atoms with Crippen molar-refractivity contribution in [3.63, 3.8) is 0 Å². The quantitative estimate of drug-likeness (QED) is 0.755. The Labute approximate surface area is 127 Å². The molecule has 4 nitrogen and oxygen atoms in total. The fraction of sp³-hybridized carbons (Fsp3) is 0.588. The highest BCUT2D eigenvalue weighted by Crippen LogP contribution is 2.20. The smallest absolute Gasteiger partial charge is 0.306 e. The lowest BCUT2D eigenvalue weighted by molar-refractivity contribution is -0.144. The van der Waals surface area contributed by atoms with E-state index in [-0.39, 0.29) is 12.0 Å². The molecule has 0 atom stereocenters. The van der Waals surface area contributed by atoms with Crippen LogP contribution in [0.2, 0.25) is 0 Å². The van der Waals surface area contributed by atoms with E-state index in [9.17, 15) is 4.79 Å². The number of carboxylic acid groups (broad SMARTS) is 1. The van der Waals surface area contributed by atoms with Gasteiger partial charge in [0.1, 0.15) is 0 Å². The van der Waals surface area contributed by atoms with E-state index in [1.54, 1.807) is 13.8 Å². The van der Waals surface area contributed by atoms with E-state index >= 15 is 0 Å². The van der Waals surface area contributed by atoms with Gasteiger partial charge in [0.15, 0.2) is 0 Å². The van der Waals surface area contributed by atoms with Gasteiger partial charge in [0.05, 0.1) is 30.8 Å². The summed E-state index contributed by atoms with van der Waals surface area (Å²) in [6.45, 7) is 8.65. The van der Waals surface area contributed by atoms with Crippen LogP contribution in [0.25, 0.3) is 0 Å². The third-order valence-electron chi connectivity index (χ3n) is 3.25. The number of ether oxygens (including phenoxy) is 2. The van der Waals surface area contributed by atoms with Crippen LogP contribution in [0.4, 0.5) is 0 Å². The Hall–Kier alpha value is -1.39. The van der Waals surface area contributed by atoms with Gasteiger partial charge in [-0.3, -0.25) is 4.79 Å². The zero-order chi connectivity index (χ0) is 15.9. The second-order valence-electron chi connectivity index (χ2n) is 6.46. The first kappa shape index (κ1) is 17.7. The molecule has 0 heterocycles. The first-order valence-corrected chi connectivity index (χ1v) is 7.24. The first-order valence-electron chi connectivity index (χ1n) is 7.24. The molecule has 0 aliphatic rings. The molecule has 0 saturated carbocycles. The third-order valence-corrected chi connectivity index (χ3v) is 3.25. The minimum Gasteiger partial charge on any atom is -0.481 e. The molecule has 21 heavy (non-hydrogen) atoms. The average molecular weight is 294 g/mol. The lowest BCUT2D eigenvalue weighted by atomic mass is 10.0. The minimum absolute atomic E-state index is 0.00169. The van der Waals surface area contributed by atoms with Crippen molar-refractivity contribution in [3.05, 3.63) is 35.9 Å². The molecule has 1 aromatic rings. The van der Waals surface area contributed by atoms with Crippen LogP contribution in [0.1, 0.15) is 46.1 Å². The molecule has 1 rings (SSSR count). The molecular weight excluding hydrogens is 268 g/mol. The average Bonchev–Trinajstić information content (AvgIpc) is 2.35. The first-order chi connectivity index (χ1) is 9.70. The predicted octanol–water partition coefficient (Wildman–Crippen LogP) is 3.64. The zero-order valence-corrected chi connectivity index (χ0v) is 13.4. The van der Waals surface area contributed by atoms with Gasteiger partial charge >= 0.3 is 5.97 Å². The Balaban J connectivity index is 2.34. The van der Waals surface area contributed by atoms with Crippen molar-refractivity contribution in [2.75, 3.05) is 6.61 Å². The van der Waals surface area contributed by atoms with E-state index in [1.807, 2.05) is 44.2 Å². The number of aliphatic carboxylic acids is 1. The monoisotopic (exact) mass is 294 g/mol. The lowest BCUT2D eigenvalue weighted by Gasteiger charge is -2.29. The van der Waals surface area contributed by atoms with Crippen molar-refractivity contribution < 1.29 is 19.4 Å². The van der Waals surface area contributed by atoms with Crippen LogP contribution in [0.5, 0.6) is 0 Å². The highest BCUT2D eigenvalue weighted by molar-refractivity contribution is 5.67. The standard InChI is InChI=1S/C17H26O4/c1-16(2,21-13-14-8-6-5-7-9-14)10-11-20-17(3,4)12-15(18)19/h5-9H,10-13H2,1-4H3,(H,18,19). The molecule has 0 aromatic heterocycles. The number of carbonyl (C=O) groups is 1. The van der Waals surface area contributed by atoms with E-state index in [0.29, 0.717) is 19.6 Å². The molecule has 0 bridgehead atoms. The summed E-state index contributed by atoms with van der Waals surface area (Å²) in [4.78, 5) is 10.7. The van der Waals surface area contributed by atoms with Gasteiger partial charge < -0.3 is 14.6 Å². The summed E-state index contributed by atoms with van der Waals surface area (Å²) in [6, 6.07) is 10.0. The molecule has 118 valence electrons. The van der Waals surface area contributed by atoms with Gasteiger partial charge in [-0.1, -0.05) is 30.3 Å². The predicted molar refractivity (Wildman–Crippen MR) is 82.2 cm³/mol. The van der Waals surface area contributed by atoms with Crippen LogP contribution in [0, 0.1) is 0 Å². The highest BCUT2D eigenvalue weighted by Gasteiger charge is 2.25. The fourth-order valence-electron chi connectivity index (χ4n) is 1.91. The van der Waals surface area contributed by atoms with E-state index in [4.69, 9.17) is 14.6 Å². The van der Waals surface area contributed by atoms with Gasteiger partial charge in [0.2, 0.25) is 0 Å². The normalized spacial score (nSPS) is 12.4. The van der Waals surface area contributed by atoms with Crippen LogP contribution in [0.15, 0.2) is 30.3 Å². The van der Waals surface area contributed by atoms with E-state index in [0.717, 1.165) is 5.56 Å². The number of hydrogen-bond acceptors (Lipinski definition) is 3. The number of carboxylic acids is 1. The van der Waals surface area contributed by atoms with Gasteiger partial charge in [0.25, 0.3) is 0 Å². The highest BCUT2D eigenvalue weighted by atomic mass is 16.5. The second-order valence-corrected chi connectivity index (χ2v) is 6.46. The summed E-state index contributed by atoms with van der Waals surface area (Å²) in [5.41, 5.74) is 0.175. The van der Waals surface area contributed by atoms with Crippen LogP contribution in [-0.4, -0.2) is 28.9 Å². The Morgan fingerprint density at radius 1 is 1.05 bits per heavy atom. The molecule has 0 fully saturated rings. The second kappa shape index (κ2) is 7.57. The molecule has 0 unspecified atom stereocenters. The van der Waals surface area contributed by atoms with E-state index in [2.05, 4.69) is 0 Å². The van der Waals surface area contributed by atoms with E-state index in [1.165, 1.54) is 0 Å². The molecule has 0 saturated heterocycles. The molecule has 0 aliphatic carbocycles. The van der Waals surface area contributed by atoms with Crippen LogP contribution in [-0.2, 0) is 20.9 Å². The largest absolute Gasteiger partial charge is 0.481 e. The molecule has 0 spiro atoms. The van der Waals surface area contributed by atoms with Crippen LogP contribution < -0.4 is 0 Å². The fourth-order valence-corrected chi connectivity index (χ4v) is 1.91. The molecule has 4 heteroatoms. The molecular formula is C17H26O4. The maximum Gasteiger partial charge on any atom is 0.306 e. The van der Waals surface area contributed by atoms with Crippen molar-refractivity contribution in [1.29, 1.82) is 0 Å². The Bertz CT molecular complexity index is 437. The summed E-state index contributed by atoms with van der Waals surface area (Å²) < 4.78 is 11.6. The van der Waals surface area contributed by atoms with Crippen molar-refractivity contribution in [3.8, 4) is 0 Å². The third kappa shape index (κ3) is 7.83. The van der Waals surface area contributed by atoms with Gasteiger partial charge in [-0.25, -0.2) is 0 Å². The Kier molecular flexibility index (Phi) is 6.37. The summed E-state index contributed by atoms with van der Waals surface area (Å²) in [5.74, 6) is -0.848. The minimum atomic E-state index is -0.848. The van der Waals surface area contributed by atoms with E-state index < -0.39 is 11.6 Å². The summed E-state index contributed by atoms with van der Waals surface area (Å²) in [5, 5.41) is 8.81. The maximum atomic E-state index is 10.7. The number of benzene rings is 1. The number of rotatable bonds is 9. The van der Waals surface area contributed by atoms with Crippen molar-refractivity contribution >= 4 is 5.97 Å². The lowest BCUT2D eigenvalue weighted by Crippen LogP contribution is -2.32. The van der Waals surface area contributed by atoms with Gasteiger partial charge in [0, 0.05) is 0 Å². The Morgan fingerprint density at radius 2 is 1.67 bits per heavy atom. The maximum absolute atomic E-state index is 10.7. The molecule has 1 N–H and O–H groups in total. The summed E-state index contributed by atoms with van der Waals surface area (Å²) in [6.07, 6.45) is 0.710. The van der Waals surface area contributed by atoms with Gasteiger partial charge in [-0.2, -0.15) is 0 Å². The van der Waals surface area contributed by atoms with Crippen LogP contribution >= 0.6 is 0 Å². The van der Waals surface area contributed by atoms with Crippen molar-refractivity contribution in [2.24, 2.45) is 0 Å². The summed E-state index contributed by atoms with van der Waals surface area (Å²) in [7, 11) is 0. The van der Waals surface area contributed by atoms with Gasteiger partial charge in [-0.05, 0) is 39.7 Å². The molecule has 0 radical (unpaired) electrons. The summed E-state index contributed by atoms with van der Waals surface area (Å²) >= 11 is 0. The van der Waals surface area contributed by atoms with Crippen LogP contribution in [0.3, 0.4) is 0 Å². The topological polar surface area (TPSA) is 55.8 Å².